The van der Waals surface area contributed by atoms with Gasteiger partial charge in [0.15, 0.2) is 6.19 Å². The van der Waals surface area contributed by atoms with Crippen LogP contribution in [-0.2, 0) is 0 Å². The zero-order valence-electron chi connectivity index (χ0n) is 20.3. The largest absolute Gasteiger partial charge is 0.482 e. The third-order valence-corrected chi connectivity index (χ3v) is 7.25. The van der Waals surface area contributed by atoms with Gasteiger partial charge in [-0.3, -0.25) is 4.98 Å². The number of nitriles is 1. The first-order valence-corrected chi connectivity index (χ1v) is 12.4. The summed E-state index contributed by atoms with van der Waals surface area (Å²) in [6.45, 7) is 5.39. The minimum atomic E-state index is -0.381. The number of fused-ring (bicyclic) bond motifs is 1. The second kappa shape index (κ2) is 8.90. The summed E-state index contributed by atoms with van der Waals surface area (Å²) in [5.74, 6) is 0.817. The van der Waals surface area contributed by atoms with E-state index < -0.39 is 0 Å². The van der Waals surface area contributed by atoms with Crippen LogP contribution in [0.4, 0.5) is 4.39 Å². The van der Waals surface area contributed by atoms with Crippen molar-refractivity contribution >= 4 is 5.52 Å². The summed E-state index contributed by atoms with van der Waals surface area (Å²) in [6.07, 6.45) is 11.0. The van der Waals surface area contributed by atoms with E-state index in [2.05, 4.69) is 26.6 Å². The number of rotatable bonds is 6. The van der Waals surface area contributed by atoms with Crippen LogP contribution in [0.15, 0.2) is 36.8 Å². The van der Waals surface area contributed by atoms with Crippen molar-refractivity contribution in [3.8, 4) is 23.2 Å². The molecule has 36 heavy (non-hydrogen) atoms. The molecule has 5 heterocycles. The van der Waals surface area contributed by atoms with Gasteiger partial charge in [0.05, 0.1) is 29.8 Å². The van der Waals surface area contributed by atoms with E-state index >= 15 is 0 Å². The van der Waals surface area contributed by atoms with Crippen LogP contribution < -0.4 is 4.74 Å². The molecular formula is C26H27FN8O. The summed E-state index contributed by atoms with van der Waals surface area (Å²) in [4.78, 5) is 5.99. The molecule has 10 heteroatoms. The van der Waals surface area contributed by atoms with Crippen LogP contribution >= 0.6 is 0 Å². The SMILES string of the molecule is Cc1c(-c2cc(O[C@H](C)c3ccc(F)cn3)c3c(C4CC4)cnn3c2)nnn1C1CCN(C#N)CC1. The number of hydrogen-bond donors (Lipinski definition) is 0. The third kappa shape index (κ3) is 4.04. The second-order valence-electron chi connectivity index (χ2n) is 9.71. The Hall–Kier alpha value is -4.00. The molecule has 0 radical (unpaired) electrons. The molecule has 4 aromatic rings. The molecule has 0 bridgehead atoms. The number of hydrogen-bond acceptors (Lipinski definition) is 7. The number of aromatic nitrogens is 6. The quantitative estimate of drug-likeness (QED) is 0.368. The van der Waals surface area contributed by atoms with Gasteiger partial charge in [0.1, 0.15) is 28.9 Å². The van der Waals surface area contributed by atoms with E-state index in [0.29, 0.717) is 17.4 Å². The highest BCUT2D eigenvalue weighted by molar-refractivity contribution is 5.73. The number of ether oxygens (including phenoxy) is 1. The molecule has 184 valence electrons. The van der Waals surface area contributed by atoms with E-state index in [1.54, 1.807) is 11.0 Å². The van der Waals surface area contributed by atoms with Crippen LogP contribution in [0.5, 0.6) is 5.75 Å². The van der Waals surface area contributed by atoms with Crippen LogP contribution in [-0.4, -0.2) is 47.6 Å². The number of piperidine rings is 1. The minimum Gasteiger partial charge on any atom is -0.482 e. The summed E-state index contributed by atoms with van der Waals surface area (Å²) >= 11 is 0. The van der Waals surface area contributed by atoms with Gasteiger partial charge in [0.2, 0.25) is 0 Å². The van der Waals surface area contributed by atoms with Crippen molar-refractivity contribution in [2.75, 3.05) is 13.1 Å². The molecule has 0 amide bonds. The Labute approximate surface area is 208 Å². The van der Waals surface area contributed by atoms with Crippen LogP contribution in [0.1, 0.15) is 67.6 Å². The van der Waals surface area contributed by atoms with E-state index in [4.69, 9.17) is 10.00 Å². The van der Waals surface area contributed by atoms with Gasteiger partial charge in [0.25, 0.3) is 0 Å². The highest BCUT2D eigenvalue weighted by Crippen LogP contribution is 2.45. The Morgan fingerprint density at radius 2 is 1.97 bits per heavy atom. The molecular weight excluding hydrogens is 459 g/mol. The highest BCUT2D eigenvalue weighted by atomic mass is 19.1. The molecule has 2 aliphatic rings. The van der Waals surface area contributed by atoms with Gasteiger partial charge in [-0.15, -0.1) is 5.10 Å². The van der Waals surface area contributed by atoms with E-state index in [0.717, 1.165) is 61.2 Å². The first-order chi connectivity index (χ1) is 17.5. The fourth-order valence-corrected chi connectivity index (χ4v) is 5.06. The zero-order chi connectivity index (χ0) is 24.8. The van der Waals surface area contributed by atoms with Crippen LogP contribution in [0, 0.1) is 24.2 Å². The Morgan fingerprint density at radius 1 is 1.17 bits per heavy atom. The predicted molar refractivity (Wildman–Crippen MR) is 130 cm³/mol. The van der Waals surface area contributed by atoms with Gasteiger partial charge in [0, 0.05) is 30.4 Å². The average molecular weight is 487 g/mol. The number of nitrogens with zero attached hydrogens (tertiary/aromatic N) is 8. The van der Waals surface area contributed by atoms with Crippen molar-refractivity contribution in [2.24, 2.45) is 0 Å². The van der Waals surface area contributed by atoms with E-state index in [1.807, 2.05) is 41.5 Å². The molecule has 6 rings (SSSR count). The third-order valence-electron chi connectivity index (χ3n) is 7.25. The van der Waals surface area contributed by atoms with E-state index in [9.17, 15) is 4.39 Å². The molecule has 1 saturated carbocycles. The van der Waals surface area contributed by atoms with Crippen LogP contribution in [0.3, 0.4) is 0 Å². The number of pyridine rings is 2. The Kier molecular flexibility index (Phi) is 5.55. The molecule has 1 aliphatic carbocycles. The molecule has 2 fully saturated rings. The maximum atomic E-state index is 13.4. The topological polar surface area (TPSA) is 97.2 Å². The molecule has 4 aromatic heterocycles. The Balaban J connectivity index is 1.37. The summed E-state index contributed by atoms with van der Waals surface area (Å²) in [5.41, 5.74) is 5.39. The summed E-state index contributed by atoms with van der Waals surface area (Å²) in [5, 5.41) is 22.8. The molecule has 0 unspecified atom stereocenters. The lowest BCUT2D eigenvalue weighted by Crippen LogP contribution is -2.31. The van der Waals surface area contributed by atoms with Gasteiger partial charge < -0.3 is 9.64 Å². The summed E-state index contributed by atoms with van der Waals surface area (Å²) in [7, 11) is 0. The van der Waals surface area contributed by atoms with Gasteiger partial charge in [-0.2, -0.15) is 10.4 Å². The Bertz CT molecular complexity index is 1440. The number of likely N-dealkylation sites (tertiary alicyclic amines) is 1. The molecule has 0 spiro atoms. The molecule has 1 saturated heterocycles. The maximum Gasteiger partial charge on any atom is 0.179 e. The molecule has 9 nitrogen and oxygen atoms in total. The monoisotopic (exact) mass is 486 g/mol. The minimum absolute atomic E-state index is 0.214. The predicted octanol–water partition coefficient (Wildman–Crippen LogP) is 4.57. The zero-order valence-corrected chi connectivity index (χ0v) is 20.3. The fourth-order valence-electron chi connectivity index (χ4n) is 5.06. The van der Waals surface area contributed by atoms with Gasteiger partial charge in [-0.25, -0.2) is 13.6 Å². The van der Waals surface area contributed by atoms with Crippen molar-refractivity contribution in [2.45, 2.75) is 57.6 Å². The average Bonchev–Trinajstić information content (AvgIpc) is 3.53. The molecule has 0 N–H and O–H groups in total. The lowest BCUT2D eigenvalue weighted by atomic mass is 10.0. The van der Waals surface area contributed by atoms with Gasteiger partial charge >= 0.3 is 0 Å². The van der Waals surface area contributed by atoms with Gasteiger partial charge in [-0.1, -0.05) is 5.21 Å². The normalized spacial score (nSPS) is 17.3. The van der Waals surface area contributed by atoms with Crippen LogP contribution in [0.25, 0.3) is 16.8 Å². The second-order valence-corrected chi connectivity index (χ2v) is 9.71. The fraction of sp³-hybridized carbons (Fsp3) is 0.423. The van der Waals surface area contributed by atoms with Crippen LogP contribution in [0.2, 0.25) is 0 Å². The van der Waals surface area contributed by atoms with Gasteiger partial charge in [-0.05, 0) is 63.6 Å². The molecule has 0 aromatic carbocycles. The van der Waals surface area contributed by atoms with Crippen molar-refractivity contribution in [3.05, 3.63) is 59.6 Å². The standard InChI is InChI=1S/C26H27FN8O/c1-16-25(31-32-35(16)21-7-9-33(15-28)10-8-21)19-11-24(36-17(2)23-6-5-20(27)12-29-23)26-22(18-3-4-18)13-30-34(26)14-19/h5-6,11-14,17-18,21H,3-4,7-10H2,1-2H3/t17-/m1/s1. The molecule has 1 atom stereocenters. The van der Waals surface area contributed by atoms with E-state index in [-0.39, 0.29) is 18.0 Å². The van der Waals surface area contributed by atoms with Crippen molar-refractivity contribution in [1.82, 2.24) is 34.5 Å². The highest BCUT2D eigenvalue weighted by Gasteiger charge is 2.30. The molecule has 1 aliphatic heterocycles. The lowest BCUT2D eigenvalue weighted by molar-refractivity contribution is 0.223. The Morgan fingerprint density at radius 3 is 2.67 bits per heavy atom. The van der Waals surface area contributed by atoms with Crippen molar-refractivity contribution < 1.29 is 9.13 Å². The van der Waals surface area contributed by atoms with E-state index in [1.165, 1.54) is 17.8 Å². The summed E-state index contributed by atoms with van der Waals surface area (Å²) < 4.78 is 23.7. The lowest BCUT2D eigenvalue weighted by Gasteiger charge is -2.28. The van der Waals surface area contributed by atoms with Crippen molar-refractivity contribution in [1.29, 1.82) is 5.26 Å². The first kappa shape index (κ1) is 22.5. The summed E-state index contributed by atoms with van der Waals surface area (Å²) in [6, 6.07) is 5.26. The smallest absolute Gasteiger partial charge is 0.179 e. The van der Waals surface area contributed by atoms with Crippen molar-refractivity contribution in [3.63, 3.8) is 0 Å². The maximum absolute atomic E-state index is 13.4. The first-order valence-electron chi connectivity index (χ1n) is 12.4. The number of halogens is 1.